The Morgan fingerprint density at radius 3 is 1.71 bits per heavy atom. The van der Waals surface area contributed by atoms with Crippen LogP contribution in [0.5, 0.6) is 0 Å². The maximum Gasteiger partial charge on any atom is 0.0550 e. The molecule has 2 unspecified atom stereocenters. The van der Waals surface area contributed by atoms with Gasteiger partial charge >= 0.3 is 0 Å². The third kappa shape index (κ3) is 0.561. The van der Waals surface area contributed by atoms with E-state index in [-0.39, 0.29) is 0 Å². The molecule has 0 spiro atoms. The summed E-state index contributed by atoms with van der Waals surface area (Å²) in [5, 5.41) is 0. The molecule has 1 heteroatoms. The highest BCUT2D eigenvalue weighted by molar-refractivity contribution is 5.26. The molecule has 0 saturated heterocycles. The number of hydrogen-bond acceptors (Lipinski definition) is 1. The first-order valence-electron chi connectivity index (χ1n) is 2.73. The van der Waals surface area contributed by atoms with Gasteiger partial charge in [-0.25, -0.2) is 0 Å². The summed E-state index contributed by atoms with van der Waals surface area (Å²) in [5.41, 5.74) is 0. The van der Waals surface area contributed by atoms with Crippen molar-refractivity contribution in [3.63, 3.8) is 0 Å². The number of rotatable bonds is 1. The highest BCUT2D eigenvalue weighted by Crippen LogP contribution is 2.40. The fraction of sp³-hybridized carbons (Fsp3) is 0.833. The summed E-state index contributed by atoms with van der Waals surface area (Å²) in [6.45, 7) is 7.90. The smallest absolute Gasteiger partial charge is 0.0550 e. The molecule has 7 heavy (non-hydrogen) atoms. The molecular formula is C6H11N. The molecular weight excluding hydrogens is 86.1 g/mol. The Labute approximate surface area is 44.5 Å². The van der Waals surface area contributed by atoms with E-state index in [0.29, 0.717) is 6.04 Å². The molecule has 1 fully saturated rings. The average Bonchev–Trinajstić information content (AvgIpc) is 2.17. The van der Waals surface area contributed by atoms with Crippen molar-refractivity contribution in [1.29, 1.82) is 0 Å². The minimum Gasteiger partial charge on any atom is -0.297 e. The van der Waals surface area contributed by atoms with E-state index in [1.165, 1.54) is 0 Å². The van der Waals surface area contributed by atoms with Crippen LogP contribution >= 0.6 is 0 Å². The van der Waals surface area contributed by atoms with E-state index in [2.05, 4.69) is 25.6 Å². The molecule has 0 bridgehead atoms. The second-order valence-corrected chi connectivity index (χ2v) is 2.39. The van der Waals surface area contributed by atoms with Gasteiger partial charge in [-0.15, -0.1) is 0 Å². The van der Waals surface area contributed by atoms with Crippen LogP contribution in [0.15, 0.2) is 4.99 Å². The van der Waals surface area contributed by atoms with E-state index >= 15 is 0 Å². The lowest BCUT2D eigenvalue weighted by Crippen LogP contribution is -1.74. The molecule has 2 atom stereocenters. The van der Waals surface area contributed by atoms with Gasteiger partial charge in [0.1, 0.15) is 0 Å². The summed E-state index contributed by atoms with van der Waals surface area (Å²) < 4.78 is 0. The Bertz CT molecular complexity index is 80.2. The highest BCUT2D eigenvalue weighted by atomic mass is 14.9. The average molecular weight is 97.2 g/mol. The van der Waals surface area contributed by atoms with E-state index < -0.39 is 0 Å². The fourth-order valence-corrected chi connectivity index (χ4v) is 0.969. The second-order valence-electron chi connectivity index (χ2n) is 2.39. The predicted molar refractivity (Wildman–Crippen MR) is 31.7 cm³/mol. The lowest BCUT2D eigenvalue weighted by atomic mass is 10.4. The molecule has 0 N–H and O–H groups in total. The zero-order valence-corrected chi connectivity index (χ0v) is 4.89. The van der Waals surface area contributed by atoms with Crippen LogP contribution in [0.25, 0.3) is 0 Å². The number of aliphatic imine (C=N–C) groups is 1. The molecule has 0 amide bonds. The van der Waals surface area contributed by atoms with Crippen LogP contribution in [0.4, 0.5) is 0 Å². The van der Waals surface area contributed by atoms with E-state index in [1.807, 2.05) is 0 Å². The Kier molecular flexibility index (Phi) is 0.911. The molecule has 1 aliphatic rings. The fourth-order valence-electron chi connectivity index (χ4n) is 0.969. The van der Waals surface area contributed by atoms with Gasteiger partial charge in [-0.1, -0.05) is 13.8 Å². The van der Waals surface area contributed by atoms with Gasteiger partial charge in [0.25, 0.3) is 0 Å². The summed E-state index contributed by atoms with van der Waals surface area (Å²) >= 11 is 0. The van der Waals surface area contributed by atoms with E-state index in [0.717, 1.165) is 11.8 Å². The van der Waals surface area contributed by atoms with Crippen LogP contribution < -0.4 is 0 Å². The monoisotopic (exact) mass is 97.1 g/mol. The summed E-state index contributed by atoms with van der Waals surface area (Å²) in [6, 6.07) is 0.583. The van der Waals surface area contributed by atoms with Crippen molar-refractivity contribution in [1.82, 2.24) is 0 Å². The third-order valence-electron chi connectivity index (χ3n) is 1.98. The molecule has 1 saturated carbocycles. The Balaban J connectivity index is 2.37. The third-order valence-corrected chi connectivity index (χ3v) is 1.98. The molecule has 0 aromatic carbocycles. The first-order chi connectivity index (χ1) is 3.27. The van der Waals surface area contributed by atoms with Gasteiger partial charge in [-0.05, 0) is 18.6 Å². The molecule has 0 aromatic rings. The minimum atomic E-state index is 0.583. The zero-order valence-electron chi connectivity index (χ0n) is 4.89. The quantitative estimate of drug-likeness (QED) is 0.438. The Morgan fingerprint density at radius 2 is 1.71 bits per heavy atom. The van der Waals surface area contributed by atoms with Crippen molar-refractivity contribution in [2.75, 3.05) is 0 Å². The lowest BCUT2D eigenvalue weighted by Gasteiger charge is -1.74. The molecule has 1 rings (SSSR count). The van der Waals surface area contributed by atoms with Crippen LogP contribution in [0.3, 0.4) is 0 Å². The SMILES string of the molecule is C=NC1C(C)C1C. The number of nitrogens with zero attached hydrogens (tertiary/aromatic N) is 1. The Hall–Kier alpha value is -0.330. The first-order valence-corrected chi connectivity index (χ1v) is 2.73. The molecule has 40 valence electrons. The van der Waals surface area contributed by atoms with Crippen molar-refractivity contribution in [3.05, 3.63) is 0 Å². The van der Waals surface area contributed by atoms with Crippen molar-refractivity contribution in [2.24, 2.45) is 16.8 Å². The van der Waals surface area contributed by atoms with Gasteiger partial charge in [0.2, 0.25) is 0 Å². The maximum absolute atomic E-state index is 3.91. The highest BCUT2D eigenvalue weighted by Gasteiger charge is 2.41. The maximum atomic E-state index is 3.91. The van der Waals surface area contributed by atoms with E-state index in [4.69, 9.17) is 0 Å². The number of hydrogen-bond donors (Lipinski definition) is 0. The van der Waals surface area contributed by atoms with Gasteiger partial charge in [-0.3, -0.25) is 4.99 Å². The molecule has 0 heterocycles. The normalized spacial score (nSPS) is 48.6. The molecule has 0 radical (unpaired) electrons. The van der Waals surface area contributed by atoms with Crippen molar-refractivity contribution in [3.8, 4) is 0 Å². The molecule has 0 aromatic heterocycles. The van der Waals surface area contributed by atoms with Crippen LogP contribution in [-0.4, -0.2) is 12.8 Å². The van der Waals surface area contributed by atoms with Gasteiger partial charge in [0.05, 0.1) is 6.04 Å². The van der Waals surface area contributed by atoms with Crippen LogP contribution in [0, 0.1) is 11.8 Å². The van der Waals surface area contributed by atoms with E-state index in [9.17, 15) is 0 Å². The van der Waals surface area contributed by atoms with Crippen molar-refractivity contribution < 1.29 is 0 Å². The predicted octanol–water partition coefficient (Wildman–Crippen LogP) is 1.34. The Morgan fingerprint density at radius 1 is 1.29 bits per heavy atom. The first kappa shape index (κ1) is 4.82. The summed E-state index contributed by atoms with van der Waals surface area (Å²) in [4.78, 5) is 3.91. The summed E-state index contributed by atoms with van der Waals surface area (Å²) in [6.07, 6.45) is 0. The van der Waals surface area contributed by atoms with Crippen LogP contribution in [0.2, 0.25) is 0 Å². The molecule has 1 nitrogen and oxygen atoms in total. The lowest BCUT2D eigenvalue weighted by molar-refractivity contribution is 0.834. The van der Waals surface area contributed by atoms with Crippen molar-refractivity contribution >= 4 is 6.72 Å². The largest absolute Gasteiger partial charge is 0.297 e. The van der Waals surface area contributed by atoms with Gasteiger partial charge in [0.15, 0.2) is 0 Å². The van der Waals surface area contributed by atoms with Crippen LogP contribution in [0.1, 0.15) is 13.8 Å². The van der Waals surface area contributed by atoms with Gasteiger partial charge < -0.3 is 0 Å². The topological polar surface area (TPSA) is 12.4 Å². The second kappa shape index (κ2) is 1.32. The minimum absolute atomic E-state index is 0.583. The van der Waals surface area contributed by atoms with E-state index in [1.54, 1.807) is 0 Å². The standard InChI is InChI=1S/C6H11N/c1-4-5(2)6(4)7-3/h4-6H,3H2,1-2H3. The van der Waals surface area contributed by atoms with Gasteiger partial charge in [0, 0.05) is 0 Å². The molecule has 1 aliphatic carbocycles. The summed E-state index contributed by atoms with van der Waals surface area (Å²) in [5.74, 6) is 1.61. The molecule has 0 aliphatic heterocycles. The van der Waals surface area contributed by atoms with Crippen LogP contribution in [-0.2, 0) is 0 Å². The van der Waals surface area contributed by atoms with Crippen molar-refractivity contribution in [2.45, 2.75) is 19.9 Å². The zero-order chi connectivity index (χ0) is 5.44. The van der Waals surface area contributed by atoms with Gasteiger partial charge in [-0.2, -0.15) is 0 Å². The summed E-state index contributed by atoms with van der Waals surface area (Å²) in [7, 11) is 0.